The molecule has 0 saturated heterocycles. The lowest BCUT2D eigenvalue weighted by Gasteiger charge is -2.36. The molecule has 0 radical (unpaired) electrons. The van der Waals surface area contributed by atoms with Gasteiger partial charge in [0.05, 0.1) is 17.3 Å². The summed E-state index contributed by atoms with van der Waals surface area (Å²) in [6.07, 6.45) is 1.41. The van der Waals surface area contributed by atoms with Gasteiger partial charge in [-0.05, 0) is 37.2 Å². The van der Waals surface area contributed by atoms with E-state index in [4.69, 9.17) is 16.0 Å². The minimum Gasteiger partial charge on any atom is -0.412 e. The lowest BCUT2D eigenvalue weighted by Crippen LogP contribution is -2.40. The Hall–Kier alpha value is -1.37. The van der Waals surface area contributed by atoms with E-state index in [0.717, 1.165) is 0 Å². The lowest BCUT2D eigenvalue weighted by molar-refractivity contribution is 0.265. The van der Waals surface area contributed by atoms with Crippen LogP contribution in [-0.2, 0) is 11.0 Å². The highest BCUT2D eigenvalue weighted by atomic mass is 35.5. The molecule has 2 rings (SSSR count). The van der Waals surface area contributed by atoms with Gasteiger partial charge < -0.3 is 4.43 Å². The van der Waals surface area contributed by atoms with Gasteiger partial charge >= 0.3 is 0 Å². The molecule has 0 aliphatic heterocycles. The van der Waals surface area contributed by atoms with E-state index < -0.39 is 20.0 Å². The quantitative estimate of drug-likeness (QED) is 0.615. The topological polar surface area (TPSA) is 35.0 Å². The number of hydrogen-bond donors (Lipinski definition) is 0. The average Bonchev–Trinajstić information content (AvgIpc) is 2.49. The molecule has 0 saturated carbocycles. The van der Waals surface area contributed by atoms with Crippen molar-refractivity contribution >= 4 is 19.9 Å². The van der Waals surface area contributed by atoms with Gasteiger partial charge in [-0.3, -0.25) is 0 Å². The first kappa shape index (κ1) is 19.9. The summed E-state index contributed by atoms with van der Waals surface area (Å²) in [6.45, 7) is 11.9. The Bertz CT molecular complexity index is 791. The van der Waals surface area contributed by atoms with Crippen LogP contribution in [0.25, 0.3) is 11.3 Å². The van der Waals surface area contributed by atoms with Crippen molar-refractivity contribution in [1.29, 1.82) is 0 Å². The molecule has 2 aromatic rings. The summed E-state index contributed by atoms with van der Waals surface area (Å²) >= 11 is 6.09. The van der Waals surface area contributed by atoms with Crippen LogP contribution in [0.2, 0.25) is 23.2 Å². The molecule has 0 fully saturated rings. The van der Waals surface area contributed by atoms with E-state index in [9.17, 15) is 8.78 Å². The van der Waals surface area contributed by atoms with Crippen molar-refractivity contribution in [2.45, 2.75) is 52.4 Å². The number of rotatable bonds is 4. The third-order valence-corrected chi connectivity index (χ3v) is 9.44. The maximum absolute atomic E-state index is 15.0. The van der Waals surface area contributed by atoms with Gasteiger partial charge in [-0.2, -0.15) is 0 Å². The molecule has 1 aromatic carbocycles. The Morgan fingerprint density at radius 3 is 2.44 bits per heavy atom. The van der Waals surface area contributed by atoms with Crippen LogP contribution in [0.15, 0.2) is 18.3 Å². The van der Waals surface area contributed by atoms with E-state index in [0.29, 0.717) is 5.82 Å². The summed E-state index contributed by atoms with van der Waals surface area (Å²) in [5.74, 6) is -0.872. The first-order chi connectivity index (χ1) is 11.4. The SMILES string of the molecule is Cc1ncc(Cl)c(-c2ccc(F)c(CO[Si](C)(C)C(C)(C)C)c2F)n1. The normalized spacial score (nSPS) is 12.5. The van der Waals surface area contributed by atoms with Crippen LogP contribution in [0.4, 0.5) is 8.78 Å². The molecular weight excluding hydrogens is 362 g/mol. The number of aromatic nitrogens is 2. The third-order valence-electron chi connectivity index (χ3n) is 4.69. The molecular formula is C18H23ClF2N2OSi. The fourth-order valence-corrected chi connectivity index (χ4v) is 3.16. The van der Waals surface area contributed by atoms with E-state index in [2.05, 4.69) is 30.7 Å². The van der Waals surface area contributed by atoms with Crippen molar-refractivity contribution in [3.63, 3.8) is 0 Å². The van der Waals surface area contributed by atoms with Gasteiger partial charge in [-0.15, -0.1) is 0 Å². The zero-order valence-electron chi connectivity index (χ0n) is 15.4. The van der Waals surface area contributed by atoms with Crippen LogP contribution in [0.5, 0.6) is 0 Å². The number of nitrogens with zero attached hydrogens (tertiary/aromatic N) is 2. The highest BCUT2D eigenvalue weighted by molar-refractivity contribution is 6.74. The molecule has 25 heavy (non-hydrogen) atoms. The van der Waals surface area contributed by atoms with Crippen LogP contribution in [-0.4, -0.2) is 18.3 Å². The predicted molar refractivity (Wildman–Crippen MR) is 99.1 cm³/mol. The minimum absolute atomic E-state index is 0.0510. The molecule has 0 bridgehead atoms. The molecule has 1 heterocycles. The Balaban J connectivity index is 2.43. The Morgan fingerprint density at radius 2 is 1.84 bits per heavy atom. The van der Waals surface area contributed by atoms with Crippen molar-refractivity contribution in [3.8, 4) is 11.3 Å². The summed E-state index contributed by atoms with van der Waals surface area (Å²) in [4.78, 5) is 8.16. The first-order valence-corrected chi connectivity index (χ1v) is 11.3. The van der Waals surface area contributed by atoms with E-state index >= 15 is 0 Å². The first-order valence-electron chi connectivity index (χ1n) is 8.04. The molecule has 0 unspecified atom stereocenters. The smallest absolute Gasteiger partial charge is 0.192 e. The van der Waals surface area contributed by atoms with Crippen molar-refractivity contribution in [3.05, 3.63) is 46.4 Å². The molecule has 0 atom stereocenters. The van der Waals surface area contributed by atoms with E-state index in [1.165, 1.54) is 18.3 Å². The van der Waals surface area contributed by atoms with Crippen molar-refractivity contribution < 1.29 is 13.2 Å². The second kappa shape index (κ2) is 7.09. The van der Waals surface area contributed by atoms with Gasteiger partial charge in [0.2, 0.25) is 0 Å². The fourth-order valence-electron chi connectivity index (χ4n) is 2.03. The van der Waals surface area contributed by atoms with Gasteiger partial charge in [0.15, 0.2) is 8.32 Å². The van der Waals surface area contributed by atoms with Gasteiger partial charge in [0.25, 0.3) is 0 Å². The second-order valence-electron chi connectivity index (χ2n) is 7.55. The Kier molecular flexibility index (Phi) is 5.66. The number of halogens is 3. The highest BCUT2D eigenvalue weighted by Crippen LogP contribution is 2.38. The summed E-state index contributed by atoms with van der Waals surface area (Å²) in [5.41, 5.74) is 0.292. The van der Waals surface area contributed by atoms with Gasteiger partial charge in [0, 0.05) is 17.3 Å². The molecule has 3 nitrogen and oxygen atoms in total. The Morgan fingerprint density at radius 1 is 1.20 bits per heavy atom. The summed E-state index contributed by atoms with van der Waals surface area (Å²) in [6, 6.07) is 2.56. The average molecular weight is 385 g/mol. The number of benzene rings is 1. The zero-order valence-corrected chi connectivity index (χ0v) is 17.1. The van der Waals surface area contributed by atoms with Gasteiger partial charge in [-0.25, -0.2) is 18.7 Å². The van der Waals surface area contributed by atoms with Gasteiger partial charge in [0.1, 0.15) is 17.5 Å². The second-order valence-corrected chi connectivity index (χ2v) is 12.8. The molecule has 136 valence electrons. The van der Waals surface area contributed by atoms with Gasteiger partial charge in [-0.1, -0.05) is 32.4 Å². The molecule has 0 N–H and O–H groups in total. The number of hydrogen-bond acceptors (Lipinski definition) is 3. The van der Waals surface area contributed by atoms with Crippen LogP contribution < -0.4 is 0 Å². The maximum atomic E-state index is 15.0. The van der Waals surface area contributed by atoms with Crippen LogP contribution >= 0.6 is 11.6 Å². The maximum Gasteiger partial charge on any atom is 0.192 e. The summed E-state index contributed by atoms with van der Waals surface area (Å²) in [7, 11) is -2.14. The van der Waals surface area contributed by atoms with E-state index in [1.54, 1.807) is 6.92 Å². The van der Waals surface area contributed by atoms with Crippen molar-refractivity contribution in [2.75, 3.05) is 0 Å². The zero-order chi connectivity index (χ0) is 19.0. The van der Waals surface area contributed by atoms with Crippen molar-refractivity contribution in [1.82, 2.24) is 9.97 Å². The molecule has 0 aliphatic carbocycles. The highest BCUT2D eigenvalue weighted by Gasteiger charge is 2.37. The summed E-state index contributed by atoms with van der Waals surface area (Å²) < 4.78 is 35.2. The van der Waals surface area contributed by atoms with Crippen LogP contribution in [0, 0.1) is 18.6 Å². The molecule has 0 spiro atoms. The fraction of sp³-hybridized carbons (Fsp3) is 0.444. The Labute approximate surface area is 153 Å². The van der Waals surface area contributed by atoms with Crippen LogP contribution in [0.1, 0.15) is 32.2 Å². The van der Waals surface area contributed by atoms with Crippen molar-refractivity contribution in [2.24, 2.45) is 0 Å². The number of aryl methyl sites for hydroxylation is 1. The lowest BCUT2D eigenvalue weighted by atomic mass is 10.1. The standard InChI is InChI=1S/C18H23ClF2N2OSi/c1-11-22-9-14(19)17(23-11)12-7-8-15(20)13(16(12)21)10-24-25(5,6)18(2,3)4/h7-9H,10H2,1-6H3. The third kappa shape index (κ3) is 4.24. The molecule has 0 aliphatic rings. The minimum atomic E-state index is -2.14. The molecule has 7 heteroatoms. The van der Waals surface area contributed by atoms with E-state index in [1.807, 2.05) is 13.1 Å². The predicted octanol–water partition coefficient (Wildman–Crippen LogP) is 5.91. The largest absolute Gasteiger partial charge is 0.412 e. The van der Waals surface area contributed by atoms with Crippen LogP contribution in [0.3, 0.4) is 0 Å². The summed E-state index contributed by atoms with van der Waals surface area (Å²) in [5, 5.41) is 0.164. The molecule has 0 amide bonds. The molecule has 1 aromatic heterocycles. The monoisotopic (exact) mass is 384 g/mol. The van der Waals surface area contributed by atoms with E-state index in [-0.39, 0.29) is 33.5 Å².